The first kappa shape index (κ1) is 13.3. The molecule has 4 heteroatoms. The number of benzene rings is 1. The molecule has 0 aliphatic carbocycles. The number of nitrogens with one attached hydrogen (secondary N) is 1. The van der Waals surface area contributed by atoms with Crippen LogP contribution in [-0.2, 0) is 22.6 Å². The summed E-state index contributed by atoms with van der Waals surface area (Å²) in [5.74, 6) is 0.883. The molecule has 1 atom stereocenters. The van der Waals surface area contributed by atoms with E-state index < -0.39 is 0 Å². The summed E-state index contributed by atoms with van der Waals surface area (Å²) in [5, 5.41) is 3.14. The van der Waals surface area contributed by atoms with E-state index in [2.05, 4.69) is 17.4 Å². The molecule has 1 saturated heterocycles. The van der Waals surface area contributed by atoms with E-state index in [0.29, 0.717) is 13.2 Å². The molecule has 0 bridgehead atoms. The maximum absolute atomic E-state index is 5.84. The molecule has 18 heavy (non-hydrogen) atoms. The lowest BCUT2D eigenvalue weighted by molar-refractivity contribution is 0.0308. The smallest absolute Gasteiger partial charge is 0.124 e. The molecule has 0 amide bonds. The molecular formula is C14H21NO3. The van der Waals surface area contributed by atoms with Gasteiger partial charge in [-0.05, 0) is 31.2 Å². The molecule has 1 N–H and O–H groups in total. The molecule has 100 valence electrons. The van der Waals surface area contributed by atoms with Crippen molar-refractivity contribution in [3.8, 4) is 5.75 Å². The van der Waals surface area contributed by atoms with E-state index in [9.17, 15) is 0 Å². The van der Waals surface area contributed by atoms with Crippen molar-refractivity contribution in [1.82, 2.24) is 5.32 Å². The Morgan fingerprint density at radius 1 is 1.44 bits per heavy atom. The third-order valence-electron chi connectivity index (χ3n) is 3.09. The third-order valence-corrected chi connectivity index (χ3v) is 3.09. The third kappa shape index (κ3) is 3.45. The Balaban J connectivity index is 2.00. The van der Waals surface area contributed by atoms with Crippen LogP contribution >= 0.6 is 0 Å². The minimum absolute atomic E-state index is 0.225. The highest BCUT2D eigenvalue weighted by molar-refractivity contribution is 5.36. The number of hydrogen-bond acceptors (Lipinski definition) is 4. The minimum Gasteiger partial charge on any atom is -0.496 e. The van der Waals surface area contributed by atoms with Gasteiger partial charge in [0.1, 0.15) is 5.75 Å². The quantitative estimate of drug-likeness (QED) is 0.835. The number of methoxy groups -OCH3 is 1. The molecule has 1 aliphatic rings. The van der Waals surface area contributed by atoms with Crippen LogP contribution in [0.5, 0.6) is 5.75 Å². The van der Waals surface area contributed by atoms with Gasteiger partial charge in [0.2, 0.25) is 0 Å². The maximum atomic E-state index is 5.84. The molecule has 2 rings (SSSR count). The van der Waals surface area contributed by atoms with Gasteiger partial charge >= 0.3 is 0 Å². The molecule has 4 nitrogen and oxygen atoms in total. The first-order valence-electron chi connectivity index (χ1n) is 6.33. The topological polar surface area (TPSA) is 39.7 Å². The first-order valence-corrected chi connectivity index (χ1v) is 6.33. The van der Waals surface area contributed by atoms with E-state index in [-0.39, 0.29) is 6.10 Å². The summed E-state index contributed by atoms with van der Waals surface area (Å²) in [5.41, 5.74) is 2.33. The van der Waals surface area contributed by atoms with Crippen LogP contribution in [0.4, 0.5) is 0 Å². The van der Waals surface area contributed by atoms with Crippen molar-refractivity contribution in [3.63, 3.8) is 0 Å². The van der Waals surface area contributed by atoms with Crippen LogP contribution in [0.1, 0.15) is 17.5 Å². The van der Waals surface area contributed by atoms with Crippen LogP contribution in [0.15, 0.2) is 18.2 Å². The van der Waals surface area contributed by atoms with Crippen LogP contribution in [0.25, 0.3) is 0 Å². The van der Waals surface area contributed by atoms with Crippen molar-refractivity contribution in [2.45, 2.75) is 25.7 Å². The lowest BCUT2D eigenvalue weighted by Gasteiger charge is -2.14. The molecule has 0 aromatic heterocycles. The van der Waals surface area contributed by atoms with Gasteiger partial charge in [-0.25, -0.2) is 0 Å². The Kier molecular flexibility index (Phi) is 4.99. The molecule has 1 unspecified atom stereocenters. The van der Waals surface area contributed by atoms with Crippen LogP contribution in [0.3, 0.4) is 0 Å². The van der Waals surface area contributed by atoms with E-state index in [1.807, 2.05) is 13.1 Å². The largest absolute Gasteiger partial charge is 0.496 e. The summed E-state index contributed by atoms with van der Waals surface area (Å²) >= 11 is 0. The van der Waals surface area contributed by atoms with Gasteiger partial charge in [0.15, 0.2) is 0 Å². The van der Waals surface area contributed by atoms with Gasteiger partial charge in [0, 0.05) is 18.7 Å². The summed E-state index contributed by atoms with van der Waals surface area (Å²) < 4.78 is 16.5. The second-order valence-electron chi connectivity index (χ2n) is 4.47. The minimum atomic E-state index is 0.225. The number of ether oxygens (including phenoxy) is 3. The van der Waals surface area contributed by atoms with Gasteiger partial charge in [-0.3, -0.25) is 0 Å². The van der Waals surface area contributed by atoms with Crippen LogP contribution in [-0.4, -0.2) is 33.5 Å². The molecule has 1 aromatic carbocycles. The van der Waals surface area contributed by atoms with Crippen molar-refractivity contribution in [2.24, 2.45) is 0 Å². The predicted octanol–water partition coefficient (Wildman–Crippen LogP) is 1.72. The van der Waals surface area contributed by atoms with E-state index in [1.54, 1.807) is 7.11 Å². The Morgan fingerprint density at radius 3 is 3.00 bits per heavy atom. The van der Waals surface area contributed by atoms with Crippen molar-refractivity contribution in [2.75, 3.05) is 27.4 Å². The van der Waals surface area contributed by atoms with Crippen molar-refractivity contribution < 1.29 is 14.2 Å². The lowest BCUT2D eigenvalue weighted by atomic mass is 10.1. The van der Waals surface area contributed by atoms with E-state index in [0.717, 1.165) is 30.9 Å². The van der Waals surface area contributed by atoms with Crippen LogP contribution in [0.2, 0.25) is 0 Å². The Labute approximate surface area is 108 Å². The highest BCUT2D eigenvalue weighted by Gasteiger charge is 2.16. The Bertz CT molecular complexity index is 375. The van der Waals surface area contributed by atoms with E-state index in [1.165, 1.54) is 5.56 Å². The fourth-order valence-electron chi connectivity index (χ4n) is 2.11. The van der Waals surface area contributed by atoms with Gasteiger partial charge in [0.05, 0.1) is 26.4 Å². The Hall–Kier alpha value is -1.10. The van der Waals surface area contributed by atoms with Gasteiger partial charge in [-0.15, -0.1) is 0 Å². The normalized spacial score (nSPS) is 19.1. The molecule has 1 aliphatic heterocycles. The highest BCUT2D eigenvalue weighted by Crippen LogP contribution is 2.22. The maximum Gasteiger partial charge on any atom is 0.124 e. The zero-order chi connectivity index (χ0) is 12.8. The summed E-state index contributed by atoms with van der Waals surface area (Å²) in [6.45, 7) is 2.94. The number of hydrogen-bond donors (Lipinski definition) is 1. The highest BCUT2D eigenvalue weighted by atomic mass is 16.5. The predicted molar refractivity (Wildman–Crippen MR) is 69.8 cm³/mol. The van der Waals surface area contributed by atoms with E-state index >= 15 is 0 Å². The SMILES string of the molecule is CNCc1ccc(OC)c(COC2CCOC2)c1. The standard InChI is InChI=1S/C14H21NO3/c1-15-8-11-3-4-14(16-2)12(7-11)9-18-13-5-6-17-10-13/h3-4,7,13,15H,5-6,8-10H2,1-2H3. The molecule has 0 spiro atoms. The molecule has 1 heterocycles. The van der Waals surface area contributed by atoms with Gasteiger partial charge < -0.3 is 19.5 Å². The van der Waals surface area contributed by atoms with Gasteiger partial charge in [-0.1, -0.05) is 6.07 Å². The average Bonchev–Trinajstić information content (AvgIpc) is 2.90. The van der Waals surface area contributed by atoms with E-state index in [4.69, 9.17) is 14.2 Å². The molecule has 0 radical (unpaired) electrons. The van der Waals surface area contributed by atoms with Crippen molar-refractivity contribution in [1.29, 1.82) is 0 Å². The zero-order valence-electron chi connectivity index (χ0n) is 11.1. The molecule has 1 fully saturated rings. The summed E-state index contributed by atoms with van der Waals surface area (Å²) in [6, 6.07) is 6.19. The first-order chi connectivity index (χ1) is 8.83. The van der Waals surface area contributed by atoms with Crippen molar-refractivity contribution >= 4 is 0 Å². The second-order valence-corrected chi connectivity index (χ2v) is 4.47. The van der Waals surface area contributed by atoms with Gasteiger partial charge in [0.25, 0.3) is 0 Å². The lowest BCUT2D eigenvalue weighted by Crippen LogP contribution is -2.13. The fraction of sp³-hybridized carbons (Fsp3) is 0.571. The summed E-state index contributed by atoms with van der Waals surface area (Å²) in [6.07, 6.45) is 1.21. The fourth-order valence-corrected chi connectivity index (χ4v) is 2.11. The van der Waals surface area contributed by atoms with Crippen LogP contribution in [0, 0.1) is 0 Å². The molecular weight excluding hydrogens is 230 g/mol. The van der Waals surface area contributed by atoms with Gasteiger partial charge in [-0.2, -0.15) is 0 Å². The summed E-state index contributed by atoms with van der Waals surface area (Å²) in [4.78, 5) is 0. The molecule has 0 saturated carbocycles. The number of rotatable bonds is 6. The monoisotopic (exact) mass is 251 g/mol. The van der Waals surface area contributed by atoms with Crippen LogP contribution < -0.4 is 10.1 Å². The Morgan fingerprint density at radius 2 is 2.33 bits per heavy atom. The second kappa shape index (κ2) is 6.73. The summed E-state index contributed by atoms with van der Waals surface area (Å²) in [7, 11) is 3.63. The van der Waals surface area contributed by atoms with Crippen molar-refractivity contribution in [3.05, 3.63) is 29.3 Å². The molecule has 1 aromatic rings. The average molecular weight is 251 g/mol. The zero-order valence-corrected chi connectivity index (χ0v) is 11.1.